The number of halogens is 6. The topological polar surface area (TPSA) is 64.0 Å². The third kappa shape index (κ3) is 6.41. The molecule has 0 fully saturated rings. The van der Waals surface area contributed by atoms with E-state index in [2.05, 4.69) is 10.3 Å². The van der Waals surface area contributed by atoms with Crippen molar-refractivity contribution in [3.8, 4) is 11.1 Å². The third-order valence-corrected chi connectivity index (χ3v) is 7.05. The summed E-state index contributed by atoms with van der Waals surface area (Å²) in [6.45, 7) is 1.78. The van der Waals surface area contributed by atoms with Gasteiger partial charge in [0.25, 0.3) is 11.5 Å². The van der Waals surface area contributed by atoms with Crippen LogP contribution in [0.3, 0.4) is 0 Å². The number of rotatable bonds is 5. The molecule has 0 aliphatic carbocycles. The molecule has 2 aromatic heterocycles. The largest absolute Gasteiger partial charge is 0.416 e. The van der Waals surface area contributed by atoms with Crippen LogP contribution in [0.4, 0.5) is 32.0 Å². The van der Waals surface area contributed by atoms with Crippen molar-refractivity contribution < 1.29 is 31.1 Å². The van der Waals surface area contributed by atoms with Crippen LogP contribution >= 0.6 is 0 Å². The fourth-order valence-electron chi connectivity index (χ4n) is 4.66. The molecule has 0 aliphatic heterocycles. The molecule has 11 heteroatoms. The van der Waals surface area contributed by atoms with Crippen molar-refractivity contribution in [2.45, 2.75) is 19.3 Å². The predicted molar refractivity (Wildman–Crippen MR) is 157 cm³/mol. The molecular formula is C33H23F6N3O2. The van der Waals surface area contributed by atoms with Gasteiger partial charge in [-0.3, -0.25) is 14.6 Å². The van der Waals surface area contributed by atoms with E-state index >= 15 is 0 Å². The summed E-state index contributed by atoms with van der Waals surface area (Å²) in [7, 11) is 1.59. The number of alkyl halides is 6. The van der Waals surface area contributed by atoms with Crippen molar-refractivity contribution in [1.29, 1.82) is 0 Å². The van der Waals surface area contributed by atoms with E-state index in [1.165, 1.54) is 22.8 Å². The lowest BCUT2D eigenvalue weighted by molar-refractivity contribution is -0.138. The molecule has 0 unspecified atom stereocenters. The van der Waals surface area contributed by atoms with Crippen LogP contribution < -0.4 is 10.9 Å². The van der Waals surface area contributed by atoms with Gasteiger partial charge in [0.05, 0.1) is 22.3 Å². The number of hydrogen-bond donors (Lipinski definition) is 1. The van der Waals surface area contributed by atoms with Gasteiger partial charge in [0.2, 0.25) is 0 Å². The molecule has 0 saturated heterocycles. The Morgan fingerprint density at radius 1 is 0.818 bits per heavy atom. The minimum Gasteiger partial charge on any atom is -0.322 e. The second-order valence-electron chi connectivity index (χ2n) is 10.1. The highest BCUT2D eigenvalue weighted by Crippen LogP contribution is 2.31. The Kier molecular flexibility index (Phi) is 7.90. The first-order valence-electron chi connectivity index (χ1n) is 13.2. The van der Waals surface area contributed by atoms with Crippen LogP contribution in [0.5, 0.6) is 0 Å². The maximum atomic E-state index is 13.5. The SMILES string of the molecule is Cc1ccc(NC(=O)c2cccc(C(F)(F)F)c2)cc1-c1cc2cnc(C=Cc3ccc(C(F)(F)F)cc3)cc2n(C)c1=O. The molecule has 3 aromatic carbocycles. The fourth-order valence-corrected chi connectivity index (χ4v) is 4.66. The van der Waals surface area contributed by atoms with E-state index in [-0.39, 0.29) is 16.8 Å². The smallest absolute Gasteiger partial charge is 0.322 e. The Morgan fingerprint density at radius 3 is 2.20 bits per heavy atom. The number of aryl methyl sites for hydroxylation is 2. The highest BCUT2D eigenvalue weighted by Gasteiger charge is 2.31. The summed E-state index contributed by atoms with van der Waals surface area (Å²) < 4.78 is 79.2. The summed E-state index contributed by atoms with van der Waals surface area (Å²) in [5, 5.41) is 3.23. The van der Waals surface area contributed by atoms with Gasteiger partial charge in [0.1, 0.15) is 0 Å². The van der Waals surface area contributed by atoms with Crippen molar-refractivity contribution in [2.75, 3.05) is 5.32 Å². The number of anilines is 1. The lowest BCUT2D eigenvalue weighted by Crippen LogP contribution is -2.19. The summed E-state index contributed by atoms with van der Waals surface area (Å²) in [6, 6.07) is 17.0. The minimum atomic E-state index is -4.60. The zero-order valence-corrected chi connectivity index (χ0v) is 23.2. The Balaban J connectivity index is 1.43. The van der Waals surface area contributed by atoms with Crippen LogP contribution in [0.15, 0.2) is 89.9 Å². The molecule has 44 heavy (non-hydrogen) atoms. The van der Waals surface area contributed by atoms with Gasteiger partial charge in [-0.25, -0.2) is 0 Å². The number of nitrogens with one attached hydrogen (secondary N) is 1. The van der Waals surface area contributed by atoms with Crippen molar-refractivity contribution >= 4 is 34.6 Å². The van der Waals surface area contributed by atoms with E-state index in [1.807, 2.05) is 0 Å². The number of pyridine rings is 2. The number of benzene rings is 3. The lowest BCUT2D eigenvalue weighted by atomic mass is 9.99. The standard InChI is InChI=1S/C33H23F6N3O2/c1-19-6-12-26(41-30(43)21-4-3-5-24(14-21)33(37,38)39)16-27(19)28-15-22-18-40-25(17-29(22)42(2)31(28)44)13-9-20-7-10-23(11-8-20)32(34,35)36/h3-18H,1-2H3,(H,41,43). The Hall–Kier alpha value is -5.19. The Labute approximate surface area is 247 Å². The number of carbonyl (C=O) groups excluding carboxylic acids is 1. The number of nitrogens with zero attached hydrogens (tertiary/aromatic N) is 2. The molecule has 0 saturated carbocycles. The van der Waals surface area contributed by atoms with Gasteiger partial charge < -0.3 is 9.88 Å². The van der Waals surface area contributed by atoms with Crippen molar-refractivity contribution in [3.05, 3.63) is 129 Å². The van der Waals surface area contributed by atoms with Crippen LogP contribution in [-0.4, -0.2) is 15.5 Å². The van der Waals surface area contributed by atoms with Crippen LogP contribution in [0.1, 0.15) is 38.3 Å². The van der Waals surface area contributed by atoms with Crippen molar-refractivity contribution in [1.82, 2.24) is 9.55 Å². The van der Waals surface area contributed by atoms with Crippen molar-refractivity contribution in [3.63, 3.8) is 0 Å². The fraction of sp³-hybridized carbons (Fsp3) is 0.121. The van der Waals surface area contributed by atoms with E-state index < -0.39 is 29.4 Å². The van der Waals surface area contributed by atoms with Crippen LogP contribution in [0, 0.1) is 6.92 Å². The summed E-state index contributed by atoms with van der Waals surface area (Å²) >= 11 is 0. The van der Waals surface area contributed by atoms with E-state index in [9.17, 15) is 35.9 Å². The second-order valence-corrected chi connectivity index (χ2v) is 10.1. The van der Waals surface area contributed by atoms with Gasteiger partial charge in [0.15, 0.2) is 0 Å². The molecule has 1 amide bonds. The van der Waals surface area contributed by atoms with E-state index in [1.54, 1.807) is 62.7 Å². The van der Waals surface area contributed by atoms with E-state index in [4.69, 9.17) is 0 Å². The summed E-state index contributed by atoms with van der Waals surface area (Å²) in [5.41, 5.74) is 1.23. The lowest BCUT2D eigenvalue weighted by Gasteiger charge is -2.14. The maximum absolute atomic E-state index is 13.5. The van der Waals surface area contributed by atoms with E-state index in [0.717, 1.165) is 35.9 Å². The molecule has 0 radical (unpaired) electrons. The van der Waals surface area contributed by atoms with E-state index in [0.29, 0.717) is 33.3 Å². The van der Waals surface area contributed by atoms with Gasteiger partial charge in [-0.05, 0) is 84.3 Å². The average Bonchev–Trinajstić information content (AvgIpc) is 2.98. The molecule has 1 N–H and O–H groups in total. The first kappa shape index (κ1) is 30.3. The maximum Gasteiger partial charge on any atom is 0.416 e. The molecule has 2 heterocycles. The Morgan fingerprint density at radius 2 is 1.52 bits per heavy atom. The molecule has 5 aromatic rings. The summed E-state index contributed by atoms with van der Waals surface area (Å²) in [5.74, 6) is -0.738. The first-order chi connectivity index (χ1) is 20.7. The highest BCUT2D eigenvalue weighted by atomic mass is 19.4. The average molecular weight is 608 g/mol. The van der Waals surface area contributed by atoms with Crippen LogP contribution in [0.25, 0.3) is 34.2 Å². The molecule has 5 nitrogen and oxygen atoms in total. The van der Waals surface area contributed by atoms with Gasteiger partial charge >= 0.3 is 12.4 Å². The summed E-state index contributed by atoms with van der Waals surface area (Å²) in [6.07, 6.45) is -4.21. The molecule has 5 rings (SSSR count). The molecule has 0 spiro atoms. The number of aromatic nitrogens is 2. The van der Waals surface area contributed by atoms with Gasteiger partial charge in [-0.2, -0.15) is 26.3 Å². The van der Waals surface area contributed by atoms with Gasteiger partial charge in [0, 0.05) is 35.4 Å². The number of hydrogen-bond acceptors (Lipinski definition) is 3. The Bertz CT molecular complexity index is 1970. The molecular weight excluding hydrogens is 584 g/mol. The van der Waals surface area contributed by atoms with Crippen molar-refractivity contribution in [2.24, 2.45) is 7.05 Å². The third-order valence-electron chi connectivity index (χ3n) is 7.05. The second kappa shape index (κ2) is 11.5. The van der Waals surface area contributed by atoms with Gasteiger partial charge in [-0.1, -0.05) is 30.3 Å². The zero-order chi connectivity index (χ0) is 31.8. The molecule has 0 aliphatic rings. The molecule has 0 bridgehead atoms. The zero-order valence-electron chi connectivity index (χ0n) is 23.2. The normalized spacial score (nSPS) is 12.2. The first-order valence-corrected chi connectivity index (χ1v) is 13.2. The number of amides is 1. The van der Waals surface area contributed by atoms with Gasteiger partial charge in [-0.15, -0.1) is 0 Å². The minimum absolute atomic E-state index is 0.169. The monoisotopic (exact) mass is 607 g/mol. The molecule has 224 valence electrons. The molecule has 0 atom stereocenters. The highest BCUT2D eigenvalue weighted by molar-refractivity contribution is 6.04. The summed E-state index contributed by atoms with van der Waals surface area (Å²) in [4.78, 5) is 30.6. The van der Waals surface area contributed by atoms with Crippen LogP contribution in [0.2, 0.25) is 0 Å². The quantitative estimate of drug-likeness (QED) is 0.204. The predicted octanol–water partition coefficient (Wildman–Crippen LogP) is 8.37. The van der Waals surface area contributed by atoms with Crippen LogP contribution in [-0.2, 0) is 19.4 Å². The number of carbonyl (C=O) groups is 1. The number of fused-ring (bicyclic) bond motifs is 1.